The molecule has 1 saturated heterocycles. The van der Waals surface area contributed by atoms with E-state index >= 15 is 0 Å². The highest BCUT2D eigenvalue weighted by atomic mass is 19.1. The molecule has 2 heterocycles. The molecule has 0 bridgehead atoms. The molecule has 2 aromatic carbocycles. The van der Waals surface area contributed by atoms with Crippen molar-refractivity contribution in [1.29, 1.82) is 0 Å². The van der Waals surface area contributed by atoms with Crippen molar-refractivity contribution in [1.82, 2.24) is 15.0 Å². The van der Waals surface area contributed by atoms with Crippen LogP contribution in [0.3, 0.4) is 0 Å². The smallest absolute Gasteiger partial charge is 0.249 e. The number of hydrogen-bond donors (Lipinski definition) is 0. The number of likely N-dealkylation sites (tertiary alicyclic amines) is 1. The Labute approximate surface area is 156 Å². The number of carbonyl (C=O) groups is 1. The molecule has 0 unspecified atom stereocenters. The predicted molar refractivity (Wildman–Crippen MR) is 98.3 cm³/mol. The lowest BCUT2D eigenvalue weighted by atomic mass is 10.1. The minimum atomic E-state index is -0.335. The van der Waals surface area contributed by atoms with Crippen molar-refractivity contribution in [3.05, 3.63) is 71.4 Å². The summed E-state index contributed by atoms with van der Waals surface area (Å²) in [5.74, 6) is 0.589. The van der Waals surface area contributed by atoms with E-state index in [1.54, 1.807) is 17.0 Å². The van der Waals surface area contributed by atoms with Crippen LogP contribution in [0.1, 0.15) is 35.9 Å². The Morgan fingerprint density at radius 3 is 2.93 bits per heavy atom. The molecule has 0 saturated carbocycles. The summed E-state index contributed by atoms with van der Waals surface area (Å²) in [5, 5.41) is 4.09. The quantitative estimate of drug-likeness (QED) is 0.699. The lowest BCUT2D eigenvalue weighted by molar-refractivity contribution is -0.131. The van der Waals surface area contributed by atoms with Crippen molar-refractivity contribution >= 4 is 5.91 Å². The normalized spacial score (nSPS) is 16.7. The number of rotatable bonds is 4. The van der Waals surface area contributed by atoms with Gasteiger partial charge in [-0.15, -0.1) is 0 Å². The van der Waals surface area contributed by atoms with Crippen LogP contribution < -0.4 is 0 Å². The summed E-state index contributed by atoms with van der Waals surface area (Å²) in [4.78, 5) is 19.0. The van der Waals surface area contributed by atoms with Gasteiger partial charge in [0.05, 0.1) is 6.42 Å². The van der Waals surface area contributed by atoms with Gasteiger partial charge in [0.25, 0.3) is 0 Å². The molecule has 1 aliphatic heterocycles. The molecule has 0 N–H and O–H groups in total. The molecule has 4 rings (SSSR count). The van der Waals surface area contributed by atoms with Gasteiger partial charge in [0, 0.05) is 12.1 Å². The molecule has 1 fully saturated rings. The summed E-state index contributed by atoms with van der Waals surface area (Å²) in [6.07, 6.45) is 1.82. The van der Waals surface area contributed by atoms with E-state index in [2.05, 4.69) is 10.1 Å². The molecule has 27 heavy (non-hydrogen) atoms. The van der Waals surface area contributed by atoms with E-state index in [1.807, 2.05) is 31.2 Å². The van der Waals surface area contributed by atoms with E-state index in [9.17, 15) is 9.18 Å². The van der Waals surface area contributed by atoms with E-state index in [-0.39, 0.29) is 24.2 Å². The highest BCUT2D eigenvalue weighted by molar-refractivity contribution is 5.79. The van der Waals surface area contributed by atoms with Gasteiger partial charge in [-0.05, 0) is 43.5 Å². The van der Waals surface area contributed by atoms with Gasteiger partial charge in [-0.3, -0.25) is 4.79 Å². The molecule has 0 spiro atoms. The van der Waals surface area contributed by atoms with Crippen molar-refractivity contribution in [2.24, 2.45) is 0 Å². The number of aryl methyl sites for hydroxylation is 1. The van der Waals surface area contributed by atoms with E-state index in [0.29, 0.717) is 23.8 Å². The van der Waals surface area contributed by atoms with E-state index < -0.39 is 0 Å². The third kappa shape index (κ3) is 3.74. The standard InChI is InChI=1S/C21H20FN3O2/c1-14-5-2-7-16(11-14)20-23-21(27-24-20)18-9-4-10-25(18)19(26)13-15-6-3-8-17(22)12-15/h2-3,5-8,11-12,18H,4,9-10,13H2,1H3/t18-/m0/s1. The van der Waals surface area contributed by atoms with Crippen LogP contribution in [-0.2, 0) is 11.2 Å². The maximum absolute atomic E-state index is 13.4. The summed E-state index contributed by atoms with van der Waals surface area (Å²) in [6.45, 7) is 2.65. The van der Waals surface area contributed by atoms with Gasteiger partial charge in [0.15, 0.2) is 0 Å². The average molecular weight is 365 g/mol. The van der Waals surface area contributed by atoms with E-state index in [0.717, 1.165) is 24.0 Å². The molecule has 5 nitrogen and oxygen atoms in total. The van der Waals surface area contributed by atoms with Crippen molar-refractivity contribution < 1.29 is 13.7 Å². The highest BCUT2D eigenvalue weighted by Gasteiger charge is 2.34. The first kappa shape index (κ1) is 17.4. The zero-order chi connectivity index (χ0) is 18.8. The van der Waals surface area contributed by atoms with Crippen LogP contribution in [0.2, 0.25) is 0 Å². The molecular weight excluding hydrogens is 345 g/mol. The predicted octanol–water partition coefficient (Wildman–Crippen LogP) is 4.09. The minimum absolute atomic E-state index is 0.0570. The topological polar surface area (TPSA) is 59.2 Å². The van der Waals surface area contributed by atoms with Gasteiger partial charge in [0.2, 0.25) is 17.6 Å². The van der Waals surface area contributed by atoms with Gasteiger partial charge in [-0.1, -0.05) is 41.1 Å². The number of aromatic nitrogens is 2. The van der Waals surface area contributed by atoms with Crippen LogP contribution >= 0.6 is 0 Å². The fourth-order valence-electron chi connectivity index (χ4n) is 3.52. The third-order valence-electron chi connectivity index (χ3n) is 4.82. The molecule has 0 aliphatic carbocycles. The summed E-state index contributed by atoms with van der Waals surface area (Å²) < 4.78 is 18.8. The zero-order valence-electron chi connectivity index (χ0n) is 15.1. The second-order valence-electron chi connectivity index (χ2n) is 6.88. The number of hydrogen-bond acceptors (Lipinski definition) is 4. The van der Waals surface area contributed by atoms with Gasteiger partial charge in [0.1, 0.15) is 11.9 Å². The molecule has 138 valence electrons. The summed E-state index contributed by atoms with van der Waals surface area (Å²) in [6, 6.07) is 13.8. The van der Waals surface area contributed by atoms with Crippen LogP contribution in [0.5, 0.6) is 0 Å². The number of carbonyl (C=O) groups excluding carboxylic acids is 1. The second-order valence-corrected chi connectivity index (χ2v) is 6.88. The monoisotopic (exact) mass is 365 g/mol. The first-order chi connectivity index (χ1) is 13.1. The maximum Gasteiger partial charge on any atom is 0.249 e. The summed E-state index contributed by atoms with van der Waals surface area (Å²) >= 11 is 0. The number of amides is 1. The minimum Gasteiger partial charge on any atom is -0.337 e. The van der Waals surface area contributed by atoms with Crippen molar-refractivity contribution in [2.45, 2.75) is 32.2 Å². The summed E-state index contributed by atoms with van der Waals surface area (Å²) in [5.41, 5.74) is 2.67. The zero-order valence-corrected chi connectivity index (χ0v) is 15.1. The molecular formula is C21H20FN3O2. The third-order valence-corrected chi connectivity index (χ3v) is 4.82. The van der Waals surface area contributed by atoms with E-state index in [4.69, 9.17) is 4.52 Å². The Hall–Kier alpha value is -3.02. The Kier molecular flexibility index (Phi) is 4.71. The molecule has 6 heteroatoms. The maximum atomic E-state index is 13.4. The first-order valence-corrected chi connectivity index (χ1v) is 9.05. The van der Waals surface area contributed by atoms with E-state index in [1.165, 1.54) is 12.1 Å². The van der Waals surface area contributed by atoms with Crippen molar-refractivity contribution in [3.63, 3.8) is 0 Å². The molecule has 1 amide bonds. The Balaban J connectivity index is 1.52. The molecule has 0 radical (unpaired) electrons. The van der Waals surface area contributed by atoms with Crippen LogP contribution in [0.4, 0.5) is 4.39 Å². The van der Waals surface area contributed by atoms with Crippen LogP contribution in [0.25, 0.3) is 11.4 Å². The van der Waals surface area contributed by atoms with Crippen LogP contribution in [0.15, 0.2) is 53.1 Å². The van der Waals surface area contributed by atoms with Crippen LogP contribution in [0, 0.1) is 12.7 Å². The molecule has 3 aromatic rings. The van der Waals surface area contributed by atoms with Crippen LogP contribution in [-0.4, -0.2) is 27.5 Å². The SMILES string of the molecule is Cc1cccc(-c2noc([C@@H]3CCCN3C(=O)Cc3cccc(F)c3)n2)c1. The number of halogens is 1. The van der Waals surface area contributed by atoms with Crippen molar-refractivity contribution in [3.8, 4) is 11.4 Å². The molecule has 1 aromatic heterocycles. The molecule has 1 atom stereocenters. The lowest BCUT2D eigenvalue weighted by Crippen LogP contribution is -2.32. The van der Waals surface area contributed by atoms with Gasteiger partial charge in [-0.2, -0.15) is 4.98 Å². The highest BCUT2D eigenvalue weighted by Crippen LogP contribution is 2.32. The average Bonchev–Trinajstić information content (AvgIpc) is 3.31. The summed E-state index contributed by atoms with van der Waals surface area (Å²) in [7, 11) is 0. The number of nitrogens with zero attached hydrogens (tertiary/aromatic N) is 3. The van der Waals surface area contributed by atoms with Gasteiger partial charge < -0.3 is 9.42 Å². The lowest BCUT2D eigenvalue weighted by Gasteiger charge is -2.21. The first-order valence-electron chi connectivity index (χ1n) is 9.05. The fourth-order valence-corrected chi connectivity index (χ4v) is 3.52. The molecule has 1 aliphatic rings. The second kappa shape index (κ2) is 7.31. The van der Waals surface area contributed by atoms with Gasteiger partial charge >= 0.3 is 0 Å². The fraction of sp³-hybridized carbons (Fsp3) is 0.286. The van der Waals surface area contributed by atoms with Gasteiger partial charge in [-0.25, -0.2) is 4.39 Å². The Morgan fingerprint density at radius 2 is 2.11 bits per heavy atom. The number of benzene rings is 2. The van der Waals surface area contributed by atoms with Crippen molar-refractivity contribution in [2.75, 3.05) is 6.54 Å². The Bertz CT molecular complexity index is 969. The Morgan fingerprint density at radius 1 is 1.26 bits per heavy atom. The largest absolute Gasteiger partial charge is 0.337 e.